The summed E-state index contributed by atoms with van der Waals surface area (Å²) in [7, 11) is 0. The fourth-order valence-electron chi connectivity index (χ4n) is 10.4. The van der Waals surface area contributed by atoms with E-state index >= 15 is 13.2 Å². The molecule has 12 aromatic rings. The van der Waals surface area contributed by atoms with E-state index in [2.05, 4.69) is 70.7 Å². The summed E-state index contributed by atoms with van der Waals surface area (Å²) in [6.45, 7) is 22.1. The van der Waals surface area contributed by atoms with Crippen LogP contribution in [0.5, 0.6) is 0 Å². The van der Waals surface area contributed by atoms with E-state index in [1.165, 1.54) is 12.1 Å². The molecule has 0 saturated heterocycles. The zero-order valence-electron chi connectivity index (χ0n) is 43.1. The van der Waals surface area contributed by atoms with E-state index in [1.54, 1.807) is 67.5 Å². The van der Waals surface area contributed by atoms with Gasteiger partial charge >= 0.3 is 6.18 Å². The standard InChI is InChI=1S/C59H41F3N16/c1-28-65-29(2)70-55(69-28)36-10-16-49-43(20-36)44-21-37(56-71-30(3)66-31(4)72-56)11-17-50(44)77(49)53-26-47(42-15-14-41(64-9)25-48(42)59(60,61)62)54(24-40(53)27-63)78-51-18-12-38(57-73-32(5)67-33(6)74-57)22-45(51)46-23-39(13-19-52(46)78)58-75-34(7)68-35(8)76-58/h10-26H,1-8H3. The van der Waals surface area contributed by atoms with E-state index in [0.717, 1.165) is 16.8 Å². The van der Waals surface area contributed by atoms with Gasteiger partial charge in [0.1, 0.15) is 52.7 Å². The molecule has 0 aliphatic carbocycles. The second-order valence-electron chi connectivity index (χ2n) is 19.0. The van der Waals surface area contributed by atoms with Crippen molar-refractivity contribution in [3.8, 4) is 74.1 Å². The molecule has 0 spiro atoms. The first-order valence-electron chi connectivity index (χ1n) is 24.5. The Morgan fingerprint density at radius 3 is 1.05 bits per heavy atom. The number of hydrogen-bond donors (Lipinski definition) is 0. The van der Waals surface area contributed by atoms with Gasteiger partial charge < -0.3 is 9.13 Å². The Balaban J connectivity index is 1.19. The Hall–Kier alpha value is -10.3. The van der Waals surface area contributed by atoms with E-state index in [1.807, 2.05) is 81.9 Å². The monoisotopic (exact) mass is 1030 g/mol. The zero-order valence-corrected chi connectivity index (χ0v) is 43.1. The maximum absolute atomic E-state index is 15.7. The van der Waals surface area contributed by atoms with Crippen molar-refractivity contribution in [3.05, 3.63) is 172 Å². The number of fused-ring (bicyclic) bond motifs is 6. The normalized spacial score (nSPS) is 11.8. The highest BCUT2D eigenvalue weighted by atomic mass is 19.4. The van der Waals surface area contributed by atoms with Gasteiger partial charge in [-0.25, -0.2) is 64.7 Å². The van der Waals surface area contributed by atoms with Gasteiger partial charge in [0.25, 0.3) is 0 Å². The average molecular weight is 1030 g/mol. The predicted molar refractivity (Wildman–Crippen MR) is 290 cm³/mol. The molecule has 0 fully saturated rings. The van der Waals surface area contributed by atoms with Crippen molar-refractivity contribution in [2.24, 2.45) is 0 Å². The Kier molecular flexibility index (Phi) is 11.4. The van der Waals surface area contributed by atoms with E-state index in [9.17, 15) is 5.26 Å². The molecule has 12 rings (SSSR count). The molecule has 19 heteroatoms. The van der Waals surface area contributed by atoms with Crippen LogP contribution in [0.15, 0.2) is 103 Å². The molecule has 0 aliphatic heterocycles. The molecule has 0 atom stereocenters. The summed E-state index contributed by atoms with van der Waals surface area (Å²) in [6, 6.07) is 32.1. The summed E-state index contributed by atoms with van der Waals surface area (Å²) in [5, 5.41) is 14.3. The molecule has 0 saturated carbocycles. The van der Waals surface area contributed by atoms with Crippen LogP contribution in [0.2, 0.25) is 0 Å². The second kappa shape index (κ2) is 18.2. The maximum atomic E-state index is 15.7. The molecule has 0 N–H and O–H groups in total. The van der Waals surface area contributed by atoms with Crippen LogP contribution in [0.4, 0.5) is 18.9 Å². The first kappa shape index (κ1) is 48.7. The van der Waals surface area contributed by atoms with E-state index in [4.69, 9.17) is 6.57 Å². The molecule has 6 aromatic carbocycles. The third kappa shape index (κ3) is 8.43. The van der Waals surface area contributed by atoms with Gasteiger partial charge in [-0.15, -0.1) is 0 Å². The number of rotatable bonds is 7. The number of alkyl halides is 3. The third-order valence-electron chi connectivity index (χ3n) is 13.4. The van der Waals surface area contributed by atoms with Crippen LogP contribution in [0.3, 0.4) is 0 Å². The van der Waals surface area contributed by atoms with Crippen molar-refractivity contribution in [2.75, 3.05) is 0 Å². The van der Waals surface area contributed by atoms with E-state index < -0.39 is 11.7 Å². The molecule has 6 aromatic heterocycles. The number of halogens is 3. The first-order chi connectivity index (χ1) is 37.4. The van der Waals surface area contributed by atoms with Crippen molar-refractivity contribution in [1.29, 1.82) is 5.26 Å². The van der Waals surface area contributed by atoms with Gasteiger partial charge in [-0.1, -0.05) is 12.1 Å². The fraction of sp³-hybridized carbons (Fsp3) is 0.153. The quantitative estimate of drug-likeness (QED) is 0.137. The van der Waals surface area contributed by atoms with Gasteiger partial charge in [-0.3, -0.25) is 0 Å². The van der Waals surface area contributed by atoms with Crippen LogP contribution in [0, 0.1) is 73.3 Å². The highest BCUT2D eigenvalue weighted by Crippen LogP contribution is 2.46. The highest BCUT2D eigenvalue weighted by molar-refractivity contribution is 6.13. The summed E-state index contributed by atoms with van der Waals surface area (Å²) in [6.07, 6.45) is -4.91. The minimum absolute atomic E-state index is 0.128. The molecule has 6 heterocycles. The molecular formula is C59H41F3N16. The second-order valence-corrected chi connectivity index (χ2v) is 19.0. The fourth-order valence-corrected chi connectivity index (χ4v) is 10.4. The predicted octanol–water partition coefficient (Wildman–Crippen LogP) is 12.9. The topological polar surface area (TPSA) is 193 Å². The number of aryl methyl sites for hydroxylation is 8. The van der Waals surface area contributed by atoms with Gasteiger partial charge in [0.15, 0.2) is 29.0 Å². The lowest BCUT2D eigenvalue weighted by Crippen LogP contribution is -2.09. The Morgan fingerprint density at radius 2 is 0.744 bits per heavy atom. The molecule has 378 valence electrons. The van der Waals surface area contributed by atoms with Crippen molar-refractivity contribution in [2.45, 2.75) is 61.6 Å². The minimum Gasteiger partial charge on any atom is -0.309 e. The van der Waals surface area contributed by atoms with E-state index in [-0.39, 0.29) is 28.1 Å². The largest absolute Gasteiger partial charge is 0.415 e. The third-order valence-corrected chi connectivity index (χ3v) is 13.4. The number of aromatic nitrogens is 14. The Labute approximate surface area is 443 Å². The SMILES string of the molecule is [C-]#[N+]c1ccc(-c2cc(-n3c4ccc(-c5nc(C)nc(C)n5)cc4c4cc(-c5nc(C)nc(C)n5)ccc43)c(C#N)cc2-n2c3ccc(-c4nc(C)nc(C)n4)cc3c3cc(-c4nc(C)nc(C)n4)ccc32)c(C(F)(F)F)c1. The number of nitrogens with zero attached hydrogens (tertiary/aromatic N) is 16. The van der Waals surface area contributed by atoms with Crippen molar-refractivity contribution in [3.63, 3.8) is 0 Å². The Morgan fingerprint density at radius 1 is 0.410 bits per heavy atom. The van der Waals surface area contributed by atoms with Crippen LogP contribution in [-0.4, -0.2) is 68.9 Å². The molecule has 0 unspecified atom stereocenters. The molecule has 0 amide bonds. The molecule has 78 heavy (non-hydrogen) atoms. The summed E-state index contributed by atoms with van der Waals surface area (Å²) < 4.78 is 50.9. The summed E-state index contributed by atoms with van der Waals surface area (Å²) in [5.74, 6) is 6.10. The van der Waals surface area contributed by atoms with Crippen LogP contribution in [0.25, 0.3) is 117 Å². The molecule has 16 nitrogen and oxygen atoms in total. The Bertz CT molecular complexity index is 4340. The number of nitriles is 1. The lowest BCUT2D eigenvalue weighted by molar-refractivity contribution is -0.137. The lowest BCUT2D eigenvalue weighted by atomic mass is 9.94. The minimum atomic E-state index is -4.91. The molecular weight excluding hydrogens is 990 g/mol. The smallest absolute Gasteiger partial charge is 0.309 e. The molecule has 0 radical (unpaired) electrons. The molecule has 0 bridgehead atoms. The van der Waals surface area contributed by atoms with Crippen LogP contribution < -0.4 is 0 Å². The van der Waals surface area contributed by atoms with Crippen molar-refractivity contribution < 1.29 is 13.2 Å². The van der Waals surface area contributed by atoms with Crippen LogP contribution >= 0.6 is 0 Å². The van der Waals surface area contributed by atoms with Crippen LogP contribution in [-0.2, 0) is 6.18 Å². The number of hydrogen-bond acceptors (Lipinski definition) is 13. The van der Waals surface area contributed by atoms with Gasteiger partial charge in [-0.05, 0) is 152 Å². The van der Waals surface area contributed by atoms with Crippen LogP contribution in [0.1, 0.15) is 57.7 Å². The first-order valence-corrected chi connectivity index (χ1v) is 24.5. The van der Waals surface area contributed by atoms with Gasteiger partial charge in [0, 0.05) is 49.4 Å². The van der Waals surface area contributed by atoms with Gasteiger partial charge in [-0.2, -0.15) is 18.4 Å². The molecule has 0 aliphatic rings. The number of benzene rings is 6. The zero-order chi connectivity index (χ0) is 54.5. The van der Waals surface area contributed by atoms with Gasteiger partial charge in [0.2, 0.25) is 0 Å². The average Bonchev–Trinajstić information content (AvgIpc) is 4.13. The summed E-state index contributed by atoms with van der Waals surface area (Å²) in [4.78, 5) is 58.2. The summed E-state index contributed by atoms with van der Waals surface area (Å²) >= 11 is 0. The van der Waals surface area contributed by atoms with Crippen molar-refractivity contribution >= 4 is 49.3 Å². The van der Waals surface area contributed by atoms with Gasteiger partial charge in [0.05, 0.1) is 51.1 Å². The maximum Gasteiger partial charge on any atom is 0.415 e. The lowest BCUT2D eigenvalue weighted by Gasteiger charge is -2.21. The summed E-state index contributed by atoms with van der Waals surface area (Å²) in [5.41, 5.74) is 4.62. The van der Waals surface area contributed by atoms with Crippen molar-refractivity contribution in [1.82, 2.24) is 68.9 Å². The van der Waals surface area contributed by atoms with E-state index in [0.29, 0.717) is 131 Å². The highest BCUT2D eigenvalue weighted by Gasteiger charge is 2.35.